The number of carbonyl (C=O) groups is 1. The van der Waals surface area contributed by atoms with E-state index in [1.165, 1.54) is 24.3 Å². The number of rotatable bonds is 4. The van der Waals surface area contributed by atoms with Crippen LogP contribution < -0.4 is 10.1 Å². The lowest BCUT2D eigenvalue weighted by Crippen LogP contribution is -2.30. The second-order valence-corrected chi connectivity index (χ2v) is 4.95. The minimum atomic E-state index is -0.643. The molecule has 0 aliphatic carbocycles. The second-order valence-electron chi connectivity index (χ2n) is 4.95. The Kier molecular flexibility index (Phi) is 4.58. The third-order valence-electron chi connectivity index (χ3n) is 3.34. The van der Waals surface area contributed by atoms with Crippen molar-refractivity contribution >= 4 is 11.6 Å². The van der Waals surface area contributed by atoms with E-state index < -0.39 is 6.10 Å². The molecule has 0 aromatic heterocycles. The quantitative estimate of drug-likeness (QED) is 0.927. The van der Waals surface area contributed by atoms with Crippen LogP contribution in [-0.2, 0) is 4.79 Å². The Bertz CT molecular complexity index is 638. The van der Waals surface area contributed by atoms with Gasteiger partial charge in [-0.3, -0.25) is 4.79 Å². The summed E-state index contributed by atoms with van der Waals surface area (Å²) < 4.78 is 18.5. The molecule has 0 heterocycles. The smallest absolute Gasteiger partial charge is 0.265 e. The van der Waals surface area contributed by atoms with Gasteiger partial charge in [0.1, 0.15) is 11.6 Å². The Labute approximate surface area is 123 Å². The van der Waals surface area contributed by atoms with Crippen LogP contribution in [0.5, 0.6) is 5.75 Å². The molecule has 4 heteroatoms. The highest BCUT2D eigenvalue weighted by Crippen LogP contribution is 2.22. The zero-order chi connectivity index (χ0) is 15.4. The minimum Gasteiger partial charge on any atom is -0.481 e. The molecule has 0 bridgehead atoms. The van der Waals surface area contributed by atoms with Gasteiger partial charge in [0, 0.05) is 5.69 Å². The Morgan fingerprint density at radius 2 is 1.81 bits per heavy atom. The third-order valence-corrected chi connectivity index (χ3v) is 3.34. The van der Waals surface area contributed by atoms with Crippen LogP contribution in [0.1, 0.15) is 18.1 Å². The maximum atomic E-state index is 12.8. The SMILES string of the molecule is Cc1cccc(OC(C)C(=O)Nc2ccc(F)cc2)c1C. The molecule has 0 fully saturated rings. The number of nitrogens with one attached hydrogen (secondary N) is 1. The fraction of sp³-hybridized carbons (Fsp3) is 0.235. The summed E-state index contributed by atoms with van der Waals surface area (Å²) in [5.41, 5.74) is 2.66. The first-order valence-corrected chi connectivity index (χ1v) is 6.76. The Morgan fingerprint density at radius 1 is 1.14 bits per heavy atom. The highest BCUT2D eigenvalue weighted by Gasteiger charge is 2.16. The fourth-order valence-electron chi connectivity index (χ4n) is 1.87. The molecule has 2 aromatic carbocycles. The first-order valence-electron chi connectivity index (χ1n) is 6.76. The molecule has 1 unspecified atom stereocenters. The van der Waals surface area contributed by atoms with Gasteiger partial charge in [-0.1, -0.05) is 12.1 Å². The van der Waals surface area contributed by atoms with Gasteiger partial charge >= 0.3 is 0 Å². The van der Waals surface area contributed by atoms with Crippen LogP contribution in [0, 0.1) is 19.7 Å². The summed E-state index contributed by atoms with van der Waals surface area (Å²) in [6.07, 6.45) is -0.643. The number of halogens is 1. The number of hydrogen-bond acceptors (Lipinski definition) is 2. The van der Waals surface area contributed by atoms with Gasteiger partial charge in [-0.05, 0) is 62.2 Å². The van der Waals surface area contributed by atoms with Crippen LogP contribution in [0.2, 0.25) is 0 Å². The van der Waals surface area contributed by atoms with Gasteiger partial charge in [0.15, 0.2) is 6.10 Å². The molecule has 0 spiro atoms. The van der Waals surface area contributed by atoms with Crippen molar-refractivity contribution in [3.05, 3.63) is 59.4 Å². The van der Waals surface area contributed by atoms with Crippen LogP contribution in [0.15, 0.2) is 42.5 Å². The average Bonchev–Trinajstić information content (AvgIpc) is 2.46. The maximum absolute atomic E-state index is 12.8. The summed E-state index contributed by atoms with van der Waals surface area (Å²) in [6.45, 7) is 5.63. The summed E-state index contributed by atoms with van der Waals surface area (Å²) in [6, 6.07) is 11.3. The molecule has 0 aliphatic rings. The zero-order valence-electron chi connectivity index (χ0n) is 12.3. The molecule has 21 heavy (non-hydrogen) atoms. The van der Waals surface area contributed by atoms with Crippen molar-refractivity contribution in [1.29, 1.82) is 0 Å². The van der Waals surface area contributed by atoms with Crippen molar-refractivity contribution in [2.24, 2.45) is 0 Å². The number of carbonyl (C=O) groups excluding carboxylic acids is 1. The number of aryl methyl sites for hydroxylation is 1. The number of amides is 1. The number of hydrogen-bond donors (Lipinski definition) is 1. The lowest BCUT2D eigenvalue weighted by molar-refractivity contribution is -0.122. The lowest BCUT2D eigenvalue weighted by atomic mass is 10.1. The van der Waals surface area contributed by atoms with Crippen molar-refractivity contribution in [3.8, 4) is 5.75 Å². The molecule has 0 aliphatic heterocycles. The predicted molar refractivity (Wildman–Crippen MR) is 81.0 cm³/mol. The van der Waals surface area contributed by atoms with Crippen LogP contribution in [0.4, 0.5) is 10.1 Å². The largest absolute Gasteiger partial charge is 0.481 e. The van der Waals surface area contributed by atoms with E-state index in [2.05, 4.69) is 5.32 Å². The molecule has 110 valence electrons. The molecule has 1 N–H and O–H groups in total. The highest BCUT2D eigenvalue weighted by atomic mass is 19.1. The molecule has 3 nitrogen and oxygen atoms in total. The molecular weight excluding hydrogens is 269 g/mol. The van der Waals surface area contributed by atoms with Crippen molar-refractivity contribution in [1.82, 2.24) is 0 Å². The molecule has 2 rings (SSSR count). The van der Waals surface area contributed by atoms with Crippen molar-refractivity contribution in [2.75, 3.05) is 5.32 Å². The standard InChI is InChI=1S/C17H18FNO2/c1-11-5-4-6-16(12(11)2)21-13(3)17(20)19-15-9-7-14(18)8-10-15/h4-10,13H,1-3H3,(H,19,20). The molecule has 1 amide bonds. The van der Waals surface area contributed by atoms with Crippen LogP contribution >= 0.6 is 0 Å². The van der Waals surface area contributed by atoms with Gasteiger partial charge in [-0.2, -0.15) is 0 Å². The van der Waals surface area contributed by atoms with Gasteiger partial charge < -0.3 is 10.1 Å². The molecule has 0 saturated carbocycles. The van der Waals surface area contributed by atoms with Gasteiger partial charge in [0.05, 0.1) is 0 Å². The maximum Gasteiger partial charge on any atom is 0.265 e. The summed E-state index contributed by atoms with van der Waals surface area (Å²) in [5.74, 6) is 0.0759. The Morgan fingerprint density at radius 3 is 2.48 bits per heavy atom. The monoisotopic (exact) mass is 287 g/mol. The summed E-state index contributed by atoms with van der Waals surface area (Å²) in [4.78, 5) is 12.1. The Hall–Kier alpha value is -2.36. The first-order chi connectivity index (χ1) is 9.97. The summed E-state index contributed by atoms with van der Waals surface area (Å²) >= 11 is 0. The van der Waals surface area contributed by atoms with Crippen molar-refractivity contribution in [2.45, 2.75) is 26.9 Å². The van der Waals surface area contributed by atoms with E-state index in [1.54, 1.807) is 6.92 Å². The number of anilines is 1. The molecular formula is C17H18FNO2. The predicted octanol–water partition coefficient (Wildman–Crippen LogP) is 3.85. The van der Waals surface area contributed by atoms with E-state index in [-0.39, 0.29) is 11.7 Å². The molecule has 1 atom stereocenters. The van der Waals surface area contributed by atoms with E-state index in [9.17, 15) is 9.18 Å². The zero-order valence-corrected chi connectivity index (χ0v) is 12.3. The third kappa shape index (κ3) is 3.81. The topological polar surface area (TPSA) is 38.3 Å². The molecule has 0 radical (unpaired) electrons. The lowest BCUT2D eigenvalue weighted by Gasteiger charge is -2.17. The molecule has 0 saturated heterocycles. The van der Waals surface area contributed by atoms with Gasteiger partial charge in [-0.15, -0.1) is 0 Å². The van der Waals surface area contributed by atoms with Crippen LogP contribution in [0.25, 0.3) is 0 Å². The van der Waals surface area contributed by atoms with E-state index in [1.807, 2.05) is 32.0 Å². The Balaban J connectivity index is 2.02. The second kappa shape index (κ2) is 6.39. The van der Waals surface area contributed by atoms with E-state index >= 15 is 0 Å². The van der Waals surface area contributed by atoms with E-state index in [4.69, 9.17) is 4.74 Å². The van der Waals surface area contributed by atoms with Crippen molar-refractivity contribution < 1.29 is 13.9 Å². The van der Waals surface area contributed by atoms with Gasteiger partial charge in [-0.25, -0.2) is 4.39 Å². The van der Waals surface area contributed by atoms with Crippen molar-refractivity contribution in [3.63, 3.8) is 0 Å². The van der Waals surface area contributed by atoms with Crippen LogP contribution in [-0.4, -0.2) is 12.0 Å². The van der Waals surface area contributed by atoms with E-state index in [0.717, 1.165) is 11.1 Å². The molecule has 2 aromatic rings. The average molecular weight is 287 g/mol. The first kappa shape index (κ1) is 15.0. The summed E-state index contributed by atoms with van der Waals surface area (Å²) in [7, 11) is 0. The highest BCUT2D eigenvalue weighted by molar-refractivity contribution is 5.94. The van der Waals surface area contributed by atoms with Crippen LogP contribution in [0.3, 0.4) is 0 Å². The number of benzene rings is 2. The minimum absolute atomic E-state index is 0.275. The van der Waals surface area contributed by atoms with E-state index in [0.29, 0.717) is 11.4 Å². The normalized spacial score (nSPS) is 11.8. The van der Waals surface area contributed by atoms with Gasteiger partial charge in [0.2, 0.25) is 0 Å². The number of ether oxygens (including phenoxy) is 1. The summed E-state index contributed by atoms with van der Waals surface area (Å²) in [5, 5.41) is 2.69. The fourth-order valence-corrected chi connectivity index (χ4v) is 1.87. The van der Waals surface area contributed by atoms with Gasteiger partial charge in [0.25, 0.3) is 5.91 Å².